The van der Waals surface area contributed by atoms with Crippen molar-refractivity contribution >= 4 is 37.3 Å². The third-order valence-electron chi connectivity index (χ3n) is 7.89. The number of nitrogens with zero attached hydrogens (tertiary/aromatic N) is 2. The first-order valence-electron chi connectivity index (χ1n) is 14.9. The van der Waals surface area contributed by atoms with Gasteiger partial charge in [-0.25, -0.2) is 14.2 Å². The van der Waals surface area contributed by atoms with E-state index in [1.807, 2.05) is 6.92 Å². The van der Waals surface area contributed by atoms with Crippen molar-refractivity contribution in [1.29, 1.82) is 0 Å². The summed E-state index contributed by atoms with van der Waals surface area (Å²) in [5.41, 5.74) is 0.332. The van der Waals surface area contributed by atoms with Gasteiger partial charge < -0.3 is 24.1 Å². The van der Waals surface area contributed by atoms with Gasteiger partial charge in [0, 0.05) is 17.5 Å². The van der Waals surface area contributed by atoms with Crippen LogP contribution >= 0.6 is 0 Å². The van der Waals surface area contributed by atoms with Gasteiger partial charge in [-0.3, -0.25) is 9.78 Å². The van der Waals surface area contributed by atoms with Crippen molar-refractivity contribution in [3.8, 4) is 5.75 Å². The number of halogens is 1. The van der Waals surface area contributed by atoms with Crippen LogP contribution in [0.1, 0.15) is 73.3 Å². The third kappa shape index (κ3) is 9.23. The topological polar surface area (TPSA) is 99.2 Å². The smallest absolute Gasteiger partial charge is 0.407 e. The quantitative estimate of drug-likeness (QED) is 0.239. The van der Waals surface area contributed by atoms with E-state index in [4.69, 9.17) is 18.7 Å². The van der Waals surface area contributed by atoms with Gasteiger partial charge in [-0.15, -0.1) is 0 Å². The van der Waals surface area contributed by atoms with Crippen LogP contribution in [0.3, 0.4) is 0 Å². The van der Waals surface area contributed by atoms with Crippen molar-refractivity contribution in [2.45, 2.75) is 110 Å². The fourth-order valence-corrected chi connectivity index (χ4v) is 5.57. The first-order chi connectivity index (χ1) is 19.9. The molecule has 3 rings (SSSR count). The van der Waals surface area contributed by atoms with Crippen LogP contribution in [0.25, 0.3) is 17.0 Å². The molecule has 238 valence electrons. The highest BCUT2D eigenvalue weighted by atomic mass is 28.4. The van der Waals surface area contributed by atoms with E-state index in [0.717, 1.165) is 0 Å². The molecule has 1 aromatic heterocycles. The van der Waals surface area contributed by atoms with Crippen LogP contribution in [0.5, 0.6) is 5.75 Å². The predicted molar refractivity (Wildman–Crippen MR) is 169 cm³/mol. The number of methoxy groups -OCH3 is 1. The Labute approximate surface area is 256 Å². The Morgan fingerprint density at radius 3 is 2.49 bits per heavy atom. The lowest BCUT2D eigenvalue weighted by atomic mass is 9.95. The summed E-state index contributed by atoms with van der Waals surface area (Å²) >= 11 is 0. The Kier molecular flexibility index (Phi) is 11.0. The molecule has 1 N–H and O–H groups in total. The number of ether oxygens (including phenoxy) is 3. The molecular weight excluding hydrogens is 569 g/mol. The van der Waals surface area contributed by atoms with E-state index in [1.54, 1.807) is 58.2 Å². The number of rotatable bonds is 9. The Hall–Kier alpha value is -3.02. The Morgan fingerprint density at radius 2 is 1.88 bits per heavy atom. The largest absolute Gasteiger partial charge is 0.497 e. The average Bonchev–Trinajstić information content (AvgIpc) is 2.90. The highest BCUT2D eigenvalue weighted by Gasteiger charge is 2.42. The summed E-state index contributed by atoms with van der Waals surface area (Å²) in [5, 5.41) is 4.86. The normalized spacial score (nSPS) is 19.8. The van der Waals surface area contributed by atoms with Crippen molar-refractivity contribution in [3.05, 3.63) is 41.9 Å². The van der Waals surface area contributed by atoms with E-state index in [-0.39, 0.29) is 17.4 Å². The molecule has 1 aliphatic heterocycles. The second-order valence-electron chi connectivity index (χ2n) is 13.4. The van der Waals surface area contributed by atoms with Crippen molar-refractivity contribution in [1.82, 2.24) is 15.4 Å². The van der Waals surface area contributed by atoms with E-state index in [1.165, 1.54) is 11.3 Å². The fraction of sp³-hybridized carbons (Fsp3) is 0.594. The summed E-state index contributed by atoms with van der Waals surface area (Å²) in [7, 11) is -0.717. The molecule has 0 bridgehead atoms. The molecule has 3 atom stereocenters. The maximum Gasteiger partial charge on any atom is 0.407 e. The van der Waals surface area contributed by atoms with Crippen molar-refractivity contribution < 1.29 is 32.7 Å². The zero-order valence-corrected chi connectivity index (χ0v) is 28.2. The highest BCUT2D eigenvalue weighted by molar-refractivity contribution is 6.74. The van der Waals surface area contributed by atoms with Gasteiger partial charge in [0.15, 0.2) is 0 Å². The lowest BCUT2D eigenvalue weighted by Gasteiger charge is -2.40. The molecule has 1 aromatic carbocycles. The second kappa shape index (κ2) is 13.7. The van der Waals surface area contributed by atoms with E-state index in [9.17, 15) is 14.0 Å². The lowest BCUT2D eigenvalue weighted by molar-refractivity contribution is -0.165. The first kappa shape index (κ1) is 34.5. The van der Waals surface area contributed by atoms with Crippen LogP contribution in [0.15, 0.2) is 30.5 Å². The van der Waals surface area contributed by atoms with Gasteiger partial charge >= 0.3 is 6.09 Å². The lowest BCUT2D eigenvalue weighted by Crippen LogP contribution is -2.53. The summed E-state index contributed by atoms with van der Waals surface area (Å²) < 4.78 is 38.5. The van der Waals surface area contributed by atoms with Crippen LogP contribution in [0.4, 0.5) is 9.18 Å². The number of aromatic nitrogens is 1. The first-order valence-corrected chi connectivity index (χ1v) is 17.8. The Morgan fingerprint density at radius 1 is 1.19 bits per heavy atom. The molecule has 9 nitrogen and oxygen atoms in total. The maximum atomic E-state index is 14.9. The summed E-state index contributed by atoms with van der Waals surface area (Å²) in [6.45, 7) is 18.2. The van der Waals surface area contributed by atoms with Gasteiger partial charge in [0.05, 0.1) is 43.5 Å². The minimum Gasteiger partial charge on any atom is -0.497 e. The van der Waals surface area contributed by atoms with Crippen molar-refractivity contribution in [2.24, 2.45) is 0 Å². The average molecular weight is 618 g/mol. The summed E-state index contributed by atoms with van der Waals surface area (Å²) in [6.07, 6.45) is 4.11. The van der Waals surface area contributed by atoms with Crippen LogP contribution in [-0.4, -0.2) is 67.9 Å². The molecule has 2 heterocycles. The van der Waals surface area contributed by atoms with E-state index >= 15 is 0 Å². The summed E-state index contributed by atoms with van der Waals surface area (Å²) in [5.74, 6) is -0.0971. The number of pyridine rings is 1. The summed E-state index contributed by atoms with van der Waals surface area (Å²) in [4.78, 5) is 30.4. The molecule has 43 heavy (non-hydrogen) atoms. The number of carbonyl (C=O) groups excluding carboxylic acids is 2. The molecule has 0 saturated carbocycles. The minimum atomic E-state index is -2.27. The number of benzene rings is 1. The van der Waals surface area contributed by atoms with E-state index in [0.29, 0.717) is 41.6 Å². The molecule has 0 spiro atoms. The van der Waals surface area contributed by atoms with Crippen LogP contribution < -0.4 is 10.1 Å². The molecule has 0 radical (unpaired) electrons. The van der Waals surface area contributed by atoms with E-state index < -0.39 is 44.1 Å². The van der Waals surface area contributed by atoms with Crippen molar-refractivity contribution in [3.63, 3.8) is 0 Å². The predicted octanol–water partition coefficient (Wildman–Crippen LogP) is 7.01. The van der Waals surface area contributed by atoms with Gasteiger partial charge in [-0.1, -0.05) is 32.9 Å². The molecule has 2 aromatic rings. The molecule has 0 unspecified atom stereocenters. The molecule has 1 fully saturated rings. The number of hydroxylamine groups is 2. The van der Waals surface area contributed by atoms with Gasteiger partial charge in [0.25, 0.3) is 0 Å². The fourth-order valence-electron chi connectivity index (χ4n) is 4.52. The standard InChI is InChI=1S/C32H48FN3O6Si/c1-11-36(42-43(9,10)32(5,6)7)29(37)19-28-27(35-30(38)41-31(2,3)4)17-13-21(40-28)12-15-23-24-18-22(39-8)14-16-26(24)34-20-25(23)33/h12,14-16,18,20-21,27-28H,11,13,17,19H2,1-10H3,(H,35,38)/t21-,27-,28-/m1/s1. The number of hydrogen-bond donors (Lipinski definition) is 1. The maximum absolute atomic E-state index is 14.9. The Balaban J connectivity index is 1.85. The minimum absolute atomic E-state index is 0.00296. The molecular formula is C32H48FN3O6Si. The monoisotopic (exact) mass is 617 g/mol. The second-order valence-corrected chi connectivity index (χ2v) is 18.2. The van der Waals surface area contributed by atoms with Gasteiger partial charge in [0.2, 0.25) is 14.2 Å². The zero-order valence-electron chi connectivity index (χ0n) is 27.2. The number of nitrogens with one attached hydrogen (secondary N) is 1. The SMILES string of the molecule is CCN(O[Si](C)(C)C(C)(C)C)C(=O)C[C@H]1O[C@H](C=Cc2c(F)cnc3ccc(OC)cc23)CC[C@H]1NC(=O)OC(C)(C)C. The summed E-state index contributed by atoms with van der Waals surface area (Å²) in [6, 6.07) is 4.84. The molecule has 11 heteroatoms. The molecule has 1 saturated heterocycles. The number of amides is 2. The van der Waals surface area contributed by atoms with Gasteiger partial charge in [0.1, 0.15) is 17.2 Å². The number of hydrogen-bond acceptors (Lipinski definition) is 7. The molecule has 1 aliphatic rings. The van der Waals surface area contributed by atoms with Gasteiger partial charge in [-0.05, 0) is 76.9 Å². The van der Waals surface area contributed by atoms with Gasteiger partial charge in [-0.2, -0.15) is 0 Å². The van der Waals surface area contributed by atoms with Crippen molar-refractivity contribution in [2.75, 3.05) is 13.7 Å². The third-order valence-corrected chi connectivity index (χ3v) is 12.2. The number of fused-ring (bicyclic) bond motifs is 1. The van der Waals surface area contributed by atoms with Crippen LogP contribution in [0, 0.1) is 5.82 Å². The van der Waals surface area contributed by atoms with E-state index in [2.05, 4.69) is 44.2 Å². The van der Waals surface area contributed by atoms with Crippen LogP contribution in [-0.2, 0) is 18.8 Å². The number of alkyl carbamates (subject to hydrolysis) is 1. The molecule has 2 amide bonds. The molecule has 0 aliphatic carbocycles. The Bertz CT molecular complexity index is 1320. The highest BCUT2D eigenvalue weighted by Crippen LogP contribution is 2.37. The van der Waals surface area contributed by atoms with Crippen LogP contribution in [0.2, 0.25) is 18.1 Å². The number of carbonyl (C=O) groups is 2. The zero-order chi connectivity index (χ0) is 32.2.